The maximum atomic E-state index is 12.6. The van der Waals surface area contributed by atoms with Crippen LogP contribution < -0.4 is 15.4 Å². The summed E-state index contributed by atoms with van der Waals surface area (Å²) >= 11 is 0. The first-order valence-electron chi connectivity index (χ1n) is 8.43. The first kappa shape index (κ1) is 17.7. The lowest BCUT2D eigenvalue weighted by Crippen LogP contribution is -2.39. The molecule has 1 aliphatic heterocycles. The number of nitrogens with two attached hydrogens (primary N) is 1. The van der Waals surface area contributed by atoms with E-state index in [0.29, 0.717) is 35.5 Å². The second kappa shape index (κ2) is 7.39. The molecule has 6 heteroatoms. The molecule has 2 aromatic carbocycles. The number of hydrogen-bond acceptors (Lipinski definition) is 4. The normalized spacial score (nSPS) is 13.0. The van der Waals surface area contributed by atoms with Crippen LogP contribution in [0.15, 0.2) is 42.5 Å². The van der Waals surface area contributed by atoms with E-state index >= 15 is 0 Å². The van der Waals surface area contributed by atoms with Crippen molar-refractivity contribution in [2.45, 2.75) is 19.8 Å². The summed E-state index contributed by atoms with van der Waals surface area (Å²) in [5.74, 6) is -0.185. The van der Waals surface area contributed by atoms with E-state index in [9.17, 15) is 14.4 Å². The summed E-state index contributed by atoms with van der Waals surface area (Å²) in [4.78, 5) is 37.1. The molecule has 0 aliphatic carbocycles. The fraction of sp³-hybridized carbons (Fsp3) is 0.250. The van der Waals surface area contributed by atoms with E-state index in [1.807, 2.05) is 6.07 Å². The van der Waals surface area contributed by atoms with Gasteiger partial charge in [0.05, 0.1) is 0 Å². The van der Waals surface area contributed by atoms with Gasteiger partial charge < -0.3 is 15.4 Å². The van der Waals surface area contributed by atoms with E-state index in [1.54, 1.807) is 41.3 Å². The molecule has 0 bridgehead atoms. The van der Waals surface area contributed by atoms with E-state index in [1.165, 1.54) is 6.92 Å². The maximum Gasteiger partial charge on any atom is 0.264 e. The summed E-state index contributed by atoms with van der Waals surface area (Å²) in [6.45, 7) is 1.94. The summed E-state index contributed by atoms with van der Waals surface area (Å²) < 4.78 is 5.55. The van der Waals surface area contributed by atoms with Crippen molar-refractivity contribution in [2.24, 2.45) is 5.73 Å². The van der Waals surface area contributed by atoms with Crippen molar-refractivity contribution < 1.29 is 19.1 Å². The van der Waals surface area contributed by atoms with Gasteiger partial charge >= 0.3 is 0 Å². The molecule has 134 valence electrons. The highest BCUT2D eigenvalue weighted by Crippen LogP contribution is 2.30. The first-order chi connectivity index (χ1) is 12.5. The molecule has 2 amide bonds. The number of ether oxygens (including phenoxy) is 1. The average molecular weight is 352 g/mol. The number of fused-ring (bicyclic) bond motifs is 1. The number of hydrogen-bond donors (Lipinski definition) is 1. The number of Topliss-reactive ketones (excluding diaryl/α,β-unsaturated/α-hetero) is 1. The van der Waals surface area contributed by atoms with Crippen molar-refractivity contribution in [2.75, 3.05) is 18.1 Å². The van der Waals surface area contributed by atoms with Gasteiger partial charge in [-0.25, -0.2) is 0 Å². The maximum absolute atomic E-state index is 12.6. The largest absolute Gasteiger partial charge is 0.484 e. The standard InChI is InChI=1S/C20H20N2O4/c1-13(23)14-7-9-15(10-8-14)26-12-19(24)22-11-3-5-16-17(20(21)25)4-2-6-18(16)22/h2,4,6-10H,3,5,11-12H2,1H3,(H2,21,25). The lowest BCUT2D eigenvalue weighted by atomic mass is 9.96. The van der Waals surface area contributed by atoms with Crippen LogP contribution in [0.1, 0.15) is 39.6 Å². The monoisotopic (exact) mass is 352 g/mol. The van der Waals surface area contributed by atoms with Crippen molar-refractivity contribution in [1.29, 1.82) is 0 Å². The minimum absolute atomic E-state index is 0.0252. The predicted molar refractivity (Wildman–Crippen MR) is 97.6 cm³/mol. The minimum atomic E-state index is -0.488. The molecule has 0 saturated carbocycles. The lowest BCUT2D eigenvalue weighted by Gasteiger charge is -2.30. The molecule has 1 aliphatic rings. The van der Waals surface area contributed by atoms with Gasteiger partial charge in [0.2, 0.25) is 5.91 Å². The fourth-order valence-electron chi connectivity index (χ4n) is 3.12. The highest BCUT2D eigenvalue weighted by molar-refractivity contribution is 6.00. The minimum Gasteiger partial charge on any atom is -0.484 e. The molecule has 0 unspecified atom stereocenters. The number of anilines is 1. The molecule has 1 heterocycles. The number of rotatable bonds is 5. The van der Waals surface area contributed by atoms with Crippen molar-refractivity contribution in [1.82, 2.24) is 0 Å². The van der Waals surface area contributed by atoms with Gasteiger partial charge in [0.15, 0.2) is 12.4 Å². The number of carbonyl (C=O) groups excluding carboxylic acids is 3. The third-order valence-electron chi connectivity index (χ3n) is 4.44. The SMILES string of the molecule is CC(=O)c1ccc(OCC(=O)N2CCCc3c(C(N)=O)cccc32)cc1. The highest BCUT2D eigenvalue weighted by Gasteiger charge is 2.25. The van der Waals surface area contributed by atoms with Gasteiger partial charge in [-0.05, 0) is 61.7 Å². The van der Waals surface area contributed by atoms with E-state index in [0.717, 1.165) is 12.0 Å². The van der Waals surface area contributed by atoms with Crippen LogP contribution in [0.4, 0.5) is 5.69 Å². The molecule has 2 aromatic rings. The molecule has 2 N–H and O–H groups in total. The number of nitrogens with zero attached hydrogens (tertiary/aromatic N) is 1. The Bertz CT molecular complexity index is 859. The van der Waals surface area contributed by atoms with Gasteiger partial charge in [0.1, 0.15) is 5.75 Å². The van der Waals surface area contributed by atoms with E-state index in [4.69, 9.17) is 10.5 Å². The summed E-state index contributed by atoms with van der Waals surface area (Å²) in [7, 11) is 0. The van der Waals surface area contributed by atoms with Crippen LogP contribution in [0.3, 0.4) is 0 Å². The van der Waals surface area contributed by atoms with Crippen molar-refractivity contribution in [3.8, 4) is 5.75 Å². The van der Waals surface area contributed by atoms with Crippen molar-refractivity contribution >= 4 is 23.3 Å². The summed E-state index contributed by atoms with van der Waals surface area (Å²) in [5.41, 5.74) is 8.01. The van der Waals surface area contributed by atoms with Crippen LogP contribution in [-0.2, 0) is 11.2 Å². The van der Waals surface area contributed by atoms with E-state index < -0.39 is 5.91 Å². The Morgan fingerprint density at radius 3 is 2.50 bits per heavy atom. The zero-order valence-electron chi connectivity index (χ0n) is 14.5. The number of ketones is 1. The molecule has 0 fully saturated rings. The third kappa shape index (κ3) is 3.59. The Morgan fingerprint density at radius 1 is 1.12 bits per heavy atom. The Morgan fingerprint density at radius 2 is 1.85 bits per heavy atom. The second-order valence-corrected chi connectivity index (χ2v) is 6.19. The van der Waals surface area contributed by atoms with Gasteiger partial charge in [-0.15, -0.1) is 0 Å². The molecule has 0 spiro atoms. The molecular formula is C20H20N2O4. The van der Waals surface area contributed by atoms with Gasteiger partial charge in [0, 0.05) is 23.4 Å². The molecule has 3 rings (SSSR count). The van der Waals surface area contributed by atoms with E-state index in [2.05, 4.69) is 0 Å². The Kier molecular flexibility index (Phi) is 5.02. The third-order valence-corrected chi connectivity index (χ3v) is 4.44. The van der Waals surface area contributed by atoms with Crippen molar-refractivity contribution in [3.63, 3.8) is 0 Å². The number of carbonyl (C=O) groups is 3. The number of amides is 2. The summed E-state index contributed by atoms with van der Waals surface area (Å²) in [6, 6.07) is 11.9. The molecule has 6 nitrogen and oxygen atoms in total. The fourth-order valence-corrected chi connectivity index (χ4v) is 3.12. The molecular weight excluding hydrogens is 332 g/mol. The number of benzene rings is 2. The molecule has 0 saturated heterocycles. The van der Waals surface area contributed by atoms with Crippen LogP contribution in [0.5, 0.6) is 5.75 Å². The van der Waals surface area contributed by atoms with Gasteiger partial charge in [0.25, 0.3) is 5.91 Å². The smallest absolute Gasteiger partial charge is 0.264 e. The second-order valence-electron chi connectivity index (χ2n) is 6.19. The highest BCUT2D eigenvalue weighted by atomic mass is 16.5. The molecule has 0 aromatic heterocycles. The zero-order chi connectivity index (χ0) is 18.7. The molecule has 0 atom stereocenters. The number of primary amides is 1. The van der Waals surface area contributed by atoms with Crippen LogP contribution in [0, 0.1) is 0 Å². The van der Waals surface area contributed by atoms with Gasteiger partial charge in [-0.1, -0.05) is 6.07 Å². The zero-order valence-corrected chi connectivity index (χ0v) is 14.5. The van der Waals surface area contributed by atoms with Gasteiger partial charge in [-0.3, -0.25) is 14.4 Å². The molecule has 0 radical (unpaired) electrons. The average Bonchev–Trinajstić information content (AvgIpc) is 2.65. The Balaban J connectivity index is 1.73. The first-order valence-corrected chi connectivity index (χ1v) is 8.43. The summed E-state index contributed by atoms with van der Waals surface area (Å²) in [5, 5.41) is 0. The van der Waals surface area contributed by atoms with Crippen LogP contribution >= 0.6 is 0 Å². The van der Waals surface area contributed by atoms with Crippen molar-refractivity contribution in [3.05, 3.63) is 59.2 Å². The van der Waals surface area contributed by atoms with Crippen LogP contribution in [-0.4, -0.2) is 30.7 Å². The lowest BCUT2D eigenvalue weighted by molar-refractivity contribution is -0.120. The topological polar surface area (TPSA) is 89.7 Å². The van der Waals surface area contributed by atoms with Crippen LogP contribution in [0.2, 0.25) is 0 Å². The Hall–Kier alpha value is -3.15. The van der Waals surface area contributed by atoms with Gasteiger partial charge in [-0.2, -0.15) is 0 Å². The molecule has 26 heavy (non-hydrogen) atoms. The van der Waals surface area contributed by atoms with Crippen LogP contribution in [0.25, 0.3) is 0 Å². The van der Waals surface area contributed by atoms with E-state index in [-0.39, 0.29) is 18.3 Å². The Labute approximate surface area is 151 Å². The predicted octanol–water partition coefficient (Wildman–Crippen LogP) is 2.35. The quantitative estimate of drug-likeness (QED) is 0.837. The summed E-state index contributed by atoms with van der Waals surface area (Å²) in [6.07, 6.45) is 1.47.